The van der Waals surface area contributed by atoms with Gasteiger partial charge in [-0.15, -0.1) is 5.10 Å². The molecule has 0 radical (unpaired) electrons. The molecule has 0 aliphatic heterocycles. The molecule has 5 heteroatoms. The van der Waals surface area contributed by atoms with E-state index in [2.05, 4.69) is 15.4 Å². The van der Waals surface area contributed by atoms with E-state index in [1.807, 2.05) is 30.3 Å². The molecule has 0 spiro atoms. The molecule has 0 saturated heterocycles. The van der Waals surface area contributed by atoms with E-state index in [0.717, 1.165) is 5.69 Å². The van der Waals surface area contributed by atoms with E-state index in [0.29, 0.717) is 0 Å². The molecular formula is C10H10N4O. The van der Waals surface area contributed by atoms with Crippen molar-refractivity contribution >= 4 is 5.91 Å². The Labute approximate surface area is 86.8 Å². The quantitative estimate of drug-likeness (QED) is 0.776. The molecule has 2 aromatic rings. The minimum atomic E-state index is -0.287. The number of rotatable bonds is 2. The summed E-state index contributed by atoms with van der Waals surface area (Å²) in [6.45, 7) is 0. The number of carbonyl (C=O) groups is 1. The van der Waals surface area contributed by atoms with Crippen molar-refractivity contribution in [2.45, 2.75) is 0 Å². The number of carbonyl (C=O) groups excluding carboxylic acids is 1. The van der Waals surface area contributed by atoms with Crippen molar-refractivity contribution in [1.82, 2.24) is 20.1 Å². The van der Waals surface area contributed by atoms with Crippen LogP contribution in [0, 0.1) is 0 Å². The van der Waals surface area contributed by atoms with Crippen LogP contribution in [-0.2, 0) is 0 Å². The predicted octanol–water partition coefficient (Wildman–Crippen LogP) is 0.627. The fourth-order valence-corrected chi connectivity index (χ4v) is 1.18. The Bertz CT molecular complexity index is 463. The minimum absolute atomic E-state index is 0.168. The van der Waals surface area contributed by atoms with Crippen LogP contribution < -0.4 is 5.32 Å². The Kier molecular flexibility index (Phi) is 2.45. The van der Waals surface area contributed by atoms with Gasteiger partial charge < -0.3 is 5.32 Å². The maximum atomic E-state index is 11.2. The van der Waals surface area contributed by atoms with Crippen LogP contribution in [0.4, 0.5) is 0 Å². The lowest BCUT2D eigenvalue weighted by Crippen LogP contribution is -2.19. The molecule has 1 N–H and O–H groups in total. The van der Waals surface area contributed by atoms with Gasteiger partial charge in [-0.1, -0.05) is 18.2 Å². The van der Waals surface area contributed by atoms with Gasteiger partial charge in [0.2, 0.25) is 5.82 Å². The summed E-state index contributed by atoms with van der Waals surface area (Å²) in [5.41, 5.74) is 0.875. The first-order chi connectivity index (χ1) is 7.31. The van der Waals surface area contributed by atoms with E-state index in [4.69, 9.17) is 0 Å². The van der Waals surface area contributed by atoms with Crippen molar-refractivity contribution in [2.75, 3.05) is 7.05 Å². The van der Waals surface area contributed by atoms with Crippen LogP contribution in [0.3, 0.4) is 0 Å². The molecule has 5 nitrogen and oxygen atoms in total. The van der Waals surface area contributed by atoms with Crippen LogP contribution in [-0.4, -0.2) is 27.7 Å². The zero-order chi connectivity index (χ0) is 10.7. The summed E-state index contributed by atoms with van der Waals surface area (Å²) in [5, 5.41) is 6.51. The first kappa shape index (κ1) is 9.39. The van der Waals surface area contributed by atoms with Gasteiger partial charge in [-0.2, -0.15) is 0 Å². The molecule has 0 atom stereocenters. The van der Waals surface area contributed by atoms with Gasteiger partial charge >= 0.3 is 0 Å². The van der Waals surface area contributed by atoms with Gasteiger partial charge in [-0.3, -0.25) is 4.79 Å². The van der Waals surface area contributed by atoms with Crippen molar-refractivity contribution in [3.05, 3.63) is 42.5 Å². The molecule has 0 aliphatic carbocycles. The Hall–Kier alpha value is -2.17. The molecule has 1 amide bonds. The summed E-state index contributed by atoms with van der Waals surface area (Å²) in [4.78, 5) is 15.1. The summed E-state index contributed by atoms with van der Waals surface area (Å²) in [6.07, 6.45) is 1.51. The van der Waals surface area contributed by atoms with Crippen LogP contribution in [0.1, 0.15) is 10.6 Å². The lowest BCUT2D eigenvalue weighted by atomic mass is 10.3. The molecule has 15 heavy (non-hydrogen) atoms. The highest BCUT2D eigenvalue weighted by atomic mass is 16.2. The fraction of sp³-hybridized carbons (Fsp3) is 0.100. The third-order valence-electron chi connectivity index (χ3n) is 1.94. The van der Waals surface area contributed by atoms with Crippen molar-refractivity contribution in [3.8, 4) is 5.69 Å². The second-order valence-corrected chi connectivity index (χ2v) is 2.93. The number of benzene rings is 1. The SMILES string of the molecule is CNC(=O)c1ncn(-c2ccccc2)n1. The van der Waals surface area contributed by atoms with Crippen LogP contribution in [0.15, 0.2) is 36.7 Å². The molecular weight excluding hydrogens is 192 g/mol. The third kappa shape index (κ3) is 1.85. The molecule has 0 bridgehead atoms. The highest BCUT2D eigenvalue weighted by Crippen LogP contribution is 2.04. The molecule has 0 fully saturated rings. The molecule has 0 aliphatic rings. The lowest BCUT2D eigenvalue weighted by molar-refractivity contribution is 0.0953. The Morgan fingerprint density at radius 3 is 2.73 bits per heavy atom. The predicted molar refractivity (Wildman–Crippen MR) is 54.7 cm³/mol. The summed E-state index contributed by atoms with van der Waals surface area (Å²) in [6, 6.07) is 9.50. The lowest BCUT2D eigenvalue weighted by Gasteiger charge is -1.97. The number of para-hydroxylation sites is 1. The second kappa shape index (κ2) is 3.91. The number of amides is 1. The third-order valence-corrected chi connectivity index (χ3v) is 1.94. The number of nitrogens with one attached hydrogen (secondary N) is 1. The standard InChI is InChI=1S/C10H10N4O/c1-11-10(15)9-12-7-14(13-9)8-5-3-2-4-6-8/h2-7H,1H3,(H,11,15). The number of hydrogen-bond donors (Lipinski definition) is 1. The smallest absolute Gasteiger partial charge is 0.290 e. The summed E-state index contributed by atoms with van der Waals surface area (Å²) in [5.74, 6) is -0.119. The van der Waals surface area contributed by atoms with Gasteiger partial charge in [0.25, 0.3) is 5.91 Å². The van der Waals surface area contributed by atoms with E-state index in [-0.39, 0.29) is 11.7 Å². The van der Waals surface area contributed by atoms with Crippen LogP contribution >= 0.6 is 0 Å². The highest BCUT2D eigenvalue weighted by molar-refractivity contribution is 5.89. The van der Waals surface area contributed by atoms with Crippen LogP contribution in [0.25, 0.3) is 5.69 Å². The zero-order valence-electron chi connectivity index (χ0n) is 8.21. The van der Waals surface area contributed by atoms with E-state index in [9.17, 15) is 4.79 Å². The van der Waals surface area contributed by atoms with Crippen molar-refractivity contribution in [2.24, 2.45) is 0 Å². The summed E-state index contributed by atoms with van der Waals surface area (Å²) < 4.78 is 1.56. The van der Waals surface area contributed by atoms with Crippen molar-refractivity contribution in [1.29, 1.82) is 0 Å². The zero-order valence-corrected chi connectivity index (χ0v) is 8.21. The number of hydrogen-bond acceptors (Lipinski definition) is 3. The second-order valence-electron chi connectivity index (χ2n) is 2.93. The summed E-state index contributed by atoms with van der Waals surface area (Å²) >= 11 is 0. The average molecular weight is 202 g/mol. The molecule has 1 heterocycles. The largest absolute Gasteiger partial charge is 0.352 e. The normalized spacial score (nSPS) is 9.93. The van der Waals surface area contributed by atoms with Gasteiger partial charge in [0.05, 0.1) is 5.69 Å². The van der Waals surface area contributed by atoms with Crippen LogP contribution in [0.5, 0.6) is 0 Å². The van der Waals surface area contributed by atoms with E-state index < -0.39 is 0 Å². The monoisotopic (exact) mass is 202 g/mol. The van der Waals surface area contributed by atoms with Gasteiger partial charge in [0.1, 0.15) is 6.33 Å². The van der Waals surface area contributed by atoms with E-state index in [1.165, 1.54) is 6.33 Å². The van der Waals surface area contributed by atoms with Gasteiger partial charge in [0.15, 0.2) is 0 Å². The first-order valence-electron chi connectivity index (χ1n) is 4.50. The van der Waals surface area contributed by atoms with Gasteiger partial charge in [0, 0.05) is 7.05 Å². The molecule has 2 rings (SSSR count). The number of nitrogens with zero attached hydrogens (tertiary/aromatic N) is 3. The Morgan fingerprint density at radius 1 is 1.33 bits per heavy atom. The maximum absolute atomic E-state index is 11.2. The van der Waals surface area contributed by atoms with E-state index >= 15 is 0 Å². The van der Waals surface area contributed by atoms with Gasteiger partial charge in [-0.05, 0) is 12.1 Å². The highest BCUT2D eigenvalue weighted by Gasteiger charge is 2.09. The number of aromatic nitrogens is 3. The van der Waals surface area contributed by atoms with Crippen molar-refractivity contribution < 1.29 is 4.79 Å². The average Bonchev–Trinajstić information content (AvgIpc) is 2.78. The van der Waals surface area contributed by atoms with E-state index in [1.54, 1.807) is 11.7 Å². The summed E-state index contributed by atoms with van der Waals surface area (Å²) in [7, 11) is 1.55. The molecule has 0 unspecified atom stereocenters. The Morgan fingerprint density at radius 2 is 2.07 bits per heavy atom. The topological polar surface area (TPSA) is 59.8 Å². The first-order valence-corrected chi connectivity index (χ1v) is 4.50. The maximum Gasteiger partial charge on any atom is 0.290 e. The Balaban J connectivity index is 2.32. The van der Waals surface area contributed by atoms with Crippen LogP contribution in [0.2, 0.25) is 0 Å². The molecule has 76 valence electrons. The molecule has 0 saturated carbocycles. The fourth-order valence-electron chi connectivity index (χ4n) is 1.18. The molecule has 1 aromatic heterocycles. The molecule has 1 aromatic carbocycles. The van der Waals surface area contributed by atoms with Crippen molar-refractivity contribution in [3.63, 3.8) is 0 Å². The minimum Gasteiger partial charge on any atom is -0.352 e. The van der Waals surface area contributed by atoms with Gasteiger partial charge in [-0.25, -0.2) is 9.67 Å².